The maximum Gasteiger partial charge on any atom is 0.251 e. The summed E-state index contributed by atoms with van der Waals surface area (Å²) in [7, 11) is 0. The number of hydrogen-bond donors (Lipinski definition) is 2. The highest BCUT2D eigenvalue weighted by atomic mass is 35.5. The van der Waals surface area contributed by atoms with Crippen molar-refractivity contribution < 1.29 is 23.5 Å². The van der Waals surface area contributed by atoms with Crippen LogP contribution >= 0.6 is 11.6 Å². The first-order chi connectivity index (χ1) is 20.8. The first-order valence-corrected chi connectivity index (χ1v) is 14.7. The number of aliphatic hydroxyl groups is 1. The second kappa shape index (κ2) is 12.2. The van der Waals surface area contributed by atoms with Gasteiger partial charge in [-0.2, -0.15) is 5.26 Å². The van der Waals surface area contributed by atoms with E-state index in [1.807, 2.05) is 39.0 Å². The molecule has 1 aromatic heterocycles. The number of hydrogen-bond acceptors (Lipinski definition) is 7. The number of carbonyl (C=O) groups is 2. The van der Waals surface area contributed by atoms with Crippen molar-refractivity contribution in [2.24, 2.45) is 0 Å². The van der Waals surface area contributed by atoms with Gasteiger partial charge < -0.3 is 5.11 Å². The Morgan fingerprint density at radius 2 is 1.93 bits per heavy atom. The van der Waals surface area contributed by atoms with Crippen LogP contribution in [0.25, 0.3) is 0 Å². The van der Waals surface area contributed by atoms with E-state index in [9.17, 15) is 28.7 Å². The zero-order chi connectivity index (χ0) is 31.8. The molecular formula is C32H33ClF2N6O3. The monoisotopic (exact) mass is 622 g/mol. The maximum atomic E-state index is 14.8. The molecule has 5 rings (SSSR count). The molecule has 1 saturated heterocycles. The molecule has 0 radical (unpaired) electrons. The fraction of sp³-hybridized carbons (Fsp3) is 0.406. The molecule has 1 aliphatic heterocycles. The van der Waals surface area contributed by atoms with Crippen LogP contribution in [0.15, 0.2) is 60.8 Å². The molecule has 2 N–H and O–H groups in total. The van der Waals surface area contributed by atoms with Crippen LogP contribution < -0.4 is 15.1 Å². The Kier molecular flexibility index (Phi) is 8.71. The van der Waals surface area contributed by atoms with Crippen LogP contribution in [0.5, 0.6) is 0 Å². The summed E-state index contributed by atoms with van der Waals surface area (Å²) >= 11 is 6.66. The Morgan fingerprint density at radius 1 is 1.20 bits per heavy atom. The highest BCUT2D eigenvalue weighted by molar-refractivity contribution is 6.31. The van der Waals surface area contributed by atoms with Crippen LogP contribution in [0, 0.1) is 11.3 Å². The lowest BCUT2D eigenvalue weighted by atomic mass is 9.86. The molecule has 2 amide bonds. The Bertz CT molecular complexity index is 1600. The minimum Gasteiger partial charge on any atom is -0.376 e. The molecular weight excluding hydrogens is 590 g/mol. The van der Waals surface area contributed by atoms with Crippen molar-refractivity contribution in [2.45, 2.75) is 82.1 Å². The van der Waals surface area contributed by atoms with Crippen molar-refractivity contribution in [3.05, 3.63) is 82.6 Å². The molecule has 230 valence electrons. The molecule has 3 aromatic rings. The molecule has 2 aromatic carbocycles. The highest BCUT2D eigenvalue weighted by Crippen LogP contribution is 2.41. The second-order valence-electron chi connectivity index (χ2n) is 12.2. The van der Waals surface area contributed by atoms with E-state index in [1.165, 1.54) is 22.1 Å². The van der Waals surface area contributed by atoms with E-state index in [2.05, 4.69) is 15.3 Å². The summed E-state index contributed by atoms with van der Waals surface area (Å²) in [6.07, 6.45) is -0.925. The molecule has 12 heteroatoms. The van der Waals surface area contributed by atoms with Gasteiger partial charge in [0.05, 0.1) is 0 Å². The van der Waals surface area contributed by atoms with Gasteiger partial charge >= 0.3 is 0 Å². The van der Waals surface area contributed by atoms with Gasteiger partial charge in [-0.15, -0.1) is 0 Å². The lowest BCUT2D eigenvalue weighted by Gasteiger charge is -2.42. The van der Waals surface area contributed by atoms with Crippen LogP contribution in [-0.2, 0) is 15.0 Å². The number of aliphatic hydroxyl groups excluding tert-OH is 1. The number of rotatable bonds is 8. The number of anilines is 2. The van der Waals surface area contributed by atoms with E-state index in [1.54, 1.807) is 36.4 Å². The van der Waals surface area contributed by atoms with Crippen molar-refractivity contribution in [3.8, 4) is 6.07 Å². The van der Waals surface area contributed by atoms with Crippen molar-refractivity contribution in [3.63, 3.8) is 0 Å². The summed E-state index contributed by atoms with van der Waals surface area (Å²) in [5, 5.41) is 24.2. The van der Waals surface area contributed by atoms with E-state index >= 15 is 0 Å². The number of alkyl halides is 2. The first kappa shape index (κ1) is 31.4. The Balaban J connectivity index is 1.64. The van der Waals surface area contributed by atoms with Gasteiger partial charge in [0.2, 0.25) is 11.9 Å². The quantitative estimate of drug-likeness (QED) is 0.328. The van der Waals surface area contributed by atoms with Gasteiger partial charge in [0.1, 0.15) is 30.1 Å². The summed E-state index contributed by atoms with van der Waals surface area (Å²) < 4.78 is 27.5. The summed E-state index contributed by atoms with van der Waals surface area (Å²) in [6, 6.07) is 14.3. The summed E-state index contributed by atoms with van der Waals surface area (Å²) in [4.78, 5) is 38.9. The number of halogens is 3. The average Bonchev–Trinajstić information content (AvgIpc) is 3.36. The third-order valence-electron chi connectivity index (χ3n) is 8.00. The average molecular weight is 623 g/mol. The van der Waals surface area contributed by atoms with Crippen LogP contribution in [0.3, 0.4) is 0 Å². The predicted octanol–water partition coefficient (Wildman–Crippen LogP) is 5.27. The van der Waals surface area contributed by atoms with Gasteiger partial charge in [-0.3, -0.25) is 24.7 Å². The maximum absolute atomic E-state index is 14.8. The topological polar surface area (TPSA) is 122 Å². The molecule has 1 unspecified atom stereocenters. The fourth-order valence-corrected chi connectivity index (χ4v) is 5.93. The third-order valence-corrected chi connectivity index (χ3v) is 8.34. The molecule has 0 spiro atoms. The Labute approximate surface area is 259 Å². The Morgan fingerprint density at radius 3 is 2.59 bits per heavy atom. The number of nitrogens with zero attached hydrogens (tertiary/aromatic N) is 5. The van der Waals surface area contributed by atoms with Gasteiger partial charge in [-0.25, -0.2) is 18.7 Å². The number of carbonyl (C=O) groups excluding carboxylic acids is 2. The first-order valence-electron chi connectivity index (χ1n) is 14.3. The van der Waals surface area contributed by atoms with Crippen LogP contribution in [0.4, 0.5) is 20.4 Å². The minimum atomic E-state index is -2.84. The van der Waals surface area contributed by atoms with E-state index in [4.69, 9.17) is 11.6 Å². The van der Waals surface area contributed by atoms with Gasteiger partial charge in [-0.1, -0.05) is 62.7 Å². The van der Waals surface area contributed by atoms with Gasteiger partial charge in [0.25, 0.3) is 11.8 Å². The number of nitrogens with one attached hydrogen (secondary N) is 1. The lowest BCUT2D eigenvalue weighted by Crippen LogP contribution is -2.58. The molecule has 2 heterocycles. The van der Waals surface area contributed by atoms with E-state index in [-0.39, 0.29) is 34.9 Å². The molecule has 1 saturated carbocycles. The number of benzene rings is 2. The molecule has 9 nitrogen and oxygen atoms in total. The van der Waals surface area contributed by atoms with Crippen molar-refractivity contribution in [1.82, 2.24) is 15.3 Å². The SMILES string of the molecule is CC(C)(C)c1cccc(N(C(=O)[C@@H]2CCC(=O)N2c2nccc(C#N)n2)[C@@H](c2ccccc2Cl)C(O)NC2CC(F)(F)C2)c1. The van der Waals surface area contributed by atoms with Gasteiger partial charge in [0, 0.05) is 42.2 Å². The number of aromatic nitrogens is 2. The predicted molar refractivity (Wildman–Crippen MR) is 161 cm³/mol. The molecule has 1 aliphatic carbocycles. The van der Waals surface area contributed by atoms with Gasteiger partial charge in [-0.05, 0) is 47.2 Å². The van der Waals surface area contributed by atoms with E-state index < -0.39 is 54.9 Å². The normalized spacial score (nSPS) is 19.6. The Hall–Kier alpha value is -3.98. The minimum absolute atomic E-state index is 0.0289. The van der Waals surface area contributed by atoms with Crippen molar-refractivity contribution in [2.75, 3.05) is 9.80 Å². The molecule has 2 aliphatic rings. The van der Waals surface area contributed by atoms with Crippen molar-refractivity contribution in [1.29, 1.82) is 5.26 Å². The fourth-order valence-electron chi connectivity index (χ4n) is 5.68. The number of amides is 2. The molecule has 0 bridgehead atoms. The zero-order valence-electron chi connectivity index (χ0n) is 24.5. The van der Waals surface area contributed by atoms with Crippen LogP contribution in [0.1, 0.15) is 69.3 Å². The standard InChI is InChI=1S/C32H33ClF2N6O3/c1-31(2,3)19-7-6-8-22(15-19)40(29(44)25-11-12-26(42)41(25)30-37-14-13-20(18-36)39-30)27(23-9-4-5-10-24(23)33)28(43)38-21-16-32(34,35)17-21/h4-10,13-15,21,25,27-28,38,43H,11-12,16-17H2,1-3H3/t25-,27-,28?/m0/s1. The largest absolute Gasteiger partial charge is 0.376 e. The smallest absolute Gasteiger partial charge is 0.251 e. The van der Waals surface area contributed by atoms with Gasteiger partial charge in [0.15, 0.2) is 0 Å². The van der Waals surface area contributed by atoms with Crippen LogP contribution in [0.2, 0.25) is 5.02 Å². The summed E-state index contributed by atoms with van der Waals surface area (Å²) in [6.45, 7) is 6.07. The van der Waals surface area contributed by atoms with Crippen molar-refractivity contribution >= 4 is 35.1 Å². The summed E-state index contributed by atoms with van der Waals surface area (Å²) in [5.41, 5.74) is 1.42. The summed E-state index contributed by atoms with van der Waals surface area (Å²) in [5.74, 6) is -3.88. The molecule has 44 heavy (non-hydrogen) atoms. The third kappa shape index (κ3) is 6.43. The number of nitriles is 1. The second-order valence-corrected chi connectivity index (χ2v) is 12.6. The van der Waals surface area contributed by atoms with E-state index in [0.29, 0.717) is 11.3 Å². The van der Waals surface area contributed by atoms with E-state index in [0.717, 1.165) is 5.56 Å². The van der Waals surface area contributed by atoms with Crippen LogP contribution in [-0.4, -0.2) is 51.1 Å². The highest BCUT2D eigenvalue weighted by Gasteiger charge is 2.48. The molecule has 2 fully saturated rings. The zero-order valence-corrected chi connectivity index (χ0v) is 25.3. The molecule has 3 atom stereocenters. The lowest BCUT2D eigenvalue weighted by molar-refractivity contribution is -0.123.